The molecule has 5 nitrogen and oxygen atoms in total. The second kappa shape index (κ2) is 9.34. The van der Waals surface area contributed by atoms with Crippen LogP contribution in [0.2, 0.25) is 0 Å². The Morgan fingerprint density at radius 1 is 1.32 bits per heavy atom. The first kappa shape index (κ1) is 19.9. The topological polar surface area (TPSA) is 57.2 Å². The number of hydrogen-bond acceptors (Lipinski definition) is 5. The lowest BCUT2D eigenvalue weighted by Gasteiger charge is -2.34. The molecule has 0 bridgehead atoms. The predicted molar refractivity (Wildman–Crippen MR) is 97.1 cm³/mol. The second-order valence-corrected chi connectivity index (χ2v) is 6.85. The SMILES string of the molecule is C=C(c1ccc(OC(CO)CCCCC)cc1)C1COC(C)(C)OO1. The van der Waals surface area contributed by atoms with Gasteiger partial charge >= 0.3 is 0 Å². The summed E-state index contributed by atoms with van der Waals surface area (Å²) in [4.78, 5) is 10.6. The first-order chi connectivity index (χ1) is 11.9. The molecule has 0 spiro atoms. The molecule has 1 fully saturated rings. The summed E-state index contributed by atoms with van der Waals surface area (Å²) in [6.45, 7) is 10.3. The maximum Gasteiger partial charge on any atom is 0.196 e. The first-order valence-electron chi connectivity index (χ1n) is 9.00. The van der Waals surface area contributed by atoms with Gasteiger partial charge in [-0.15, -0.1) is 0 Å². The van der Waals surface area contributed by atoms with E-state index in [1.807, 2.05) is 24.3 Å². The molecule has 1 aromatic carbocycles. The van der Waals surface area contributed by atoms with Crippen LogP contribution in [0.4, 0.5) is 0 Å². The van der Waals surface area contributed by atoms with Crippen molar-refractivity contribution in [3.63, 3.8) is 0 Å². The van der Waals surface area contributed by atoms with Gasteiger partial charge in [0.15, 0.2) is 5.79 Å². The lowest BCUT2D eigenvalue weighted by atomic mass is 10.0. The van der Waals surface area contributed by atoms with E-state index in [1.54, 1.807) is 13.8 Å². The minimum absolute atomic E-state index is 0.0263. The van der Waals surface area contributed by atoms with E-state index in [2.05, 4.69) is 13.5 Å². The van der Waals surface area contributed by atoms with Crippen LogP contribution in [-0.4, -0.2) is 36.3 Å². The molecular weight excluding hydrogens is 320 g/mol. The highest BCUT2D eigenvalue weighted by Gasteiger charge is 2.31. The molecule has 2 rings (SSSR count). The lowest BCUT2D eigenvalue weighted by Crippen LogP contribution is -2.40. The second-order valence-electron chi connectivity index (χ2n) is 6.85. The average molecular weight is 350 g/mol. The Hall–Kier alpha value is -1.40. The molecule has 0 radical (unpaired) electrons. The fourth-order valence-corrected chi connectivity index (χ4v) is 2.60. The fraction of sp³-hybridized carbons (Fsp3) is 0.600. The van der Waals surface area contributed by atoms with Gasteiger partial charge in [-0.05, 0) is 50.0 Å². The number of rotatable bonds is 9. The monoisotopic (exact) mass is 350 g/mol. The van der Waals surface area contributed by atoms with E-state index in [0.717, 1.165) is 42.6 Å². The molecular formula is C20H30O5. The van der Waals surface area contributed by atoms with Crippen LogP contribution in [0, 0.1) is 0 Å². The van der Waals surface area contributed by atoms with Gasteiger partial charge in [-0.1, -0.05) is 38.5 Å². The Morgan fingerprint density at radius 2 is 2.04 bits per heavy atom. The molecule has 0 aromatic heterocycles. The highest BCUT2D eigenvalue weighted by Crippen LogP contribution is 2.28. The summed E-state index contributed by atoms with van der Waals surface area (Å²) in [6.07, 6.45) is 3.74. The van der Waals surface area contributed by atoms with Crippen LogP contribution < -0.4 is 4.74 Å². The third-order valence-electron chi connectivity index (χ3n) is 4.20. The zero-order valence-corrected chi connectivity index (χ0v) is 15.5. The fourth-order valence-electron chi connectivity index (χ4n) is 2.60. The highest BCUT2D eigenvalue weighted by atomic mass is 17.2. The molecule has 25 heavy (non-hydrogen) atoms. The van der Waals surface area contributed by atoms with E-state index in [4.69, 9.17) is 19.2 Å². The van der Waals surface area contributed by atoms with Crippen LogP contribution >= 0.6 is 0 Å². The van der Waals surface area contributed by atoms with Gasteiger partial charge in [-0.2, -0.15) is 0 Å². The Morgan fingerprint density at radius 3 is 2.60 bits per heavy atom. The summed E-state index contributed by atoms with van der Waals surface area (Å²) in [6, 6.07) is 7.64. The molecule has 1 N–H and O–H groups in total. The highest BCUT2D eigenvalue weighted by molar-refractivity contribution is 5.67. The summed E-state index contributed by atoms with van der Waals surface area (Å²) < 4.78 is 11.5. The molecule has 1 aliphatic rings. The van der Waals surface area contributed by atoms with Gasteiger partial charge in [0.25, 0.3) is 0 Å². The summed E-state index contributed by atoms with van der Waals surface area (Å²) in [5.74, 6) is 0.0104. The third-order valence-corrected chi connectivity index (χ3v) is 4.20. The molecule has 0 amide bonds. The largest absolute Gasteiger partial charge is 0.488 e. The Balaban J connectivity index is 1.89. The number of hydrogen-bond donors (Lipinski definition) is 1. The van der Waals surface area contributed by atoms with Gasteiger partial charge in [0.1, 0.15) is 18.0 Å². The van der Waals surface area contributed by atoms with E-state index in [9.17, 15) is 5.11 Å². The molecule has 1 saturated heterocycles. The third kappa shape index (κ3) is 6.12. The molecule has 0 aliphatic carbocycles. The molecule has 1 aliphatic heterocycles. The minimum Gasteiger partial charge on any atom is -0.488 e. The zero-order chi connectivity index (χ0) is 18.3. The van der Waals surface area contributed by atoms with Crippen LogP contribution in [0.15, 0.2) is 30.8 Å². The molecule has 2 atom stereocenters. The van der Waals surface area contributed by atoms with Gasteiger partial charge < -0.3 is 14.6 Å². The predicted octanol–water partition coefficient (Wildman–Crippen LogP) is 4.10. The van der Waals surface area contributed by atoms with Crippen molar-refractivity contribution in [1.29, 1.82) is 0 Å². The quantitative estimate of drug-likeness (QED) is 0.537. The van der Waals surface area contributed by atoms with E-state index < -0.39 is 5.79 Å². The van der Waals surface area contributed by atoms with E-state index in [-0.39, 0.29) is 18.8 Å². The minimum atomic E-state index is -0.731. The van der Waals surface area contributed by atoms with Crippen LogP contribution in [0.3, 0.4) is 0 Å². The standard InChI is InChI=1S/C20H30O5/c1-5-6-7-8-18(13-21)23-17-11-9-16(10-12-17)15(2)19-14-22-20(3,4)25-24-19/h9-12,18-19,21H,2,5-8,13-14H2,1,3-4H3. The van der Waals surface area contributed by atoms with Crippen molar-refractivity contribution in [1.82, 2.24) is 0 Å². The van der Waals surface area contributed by atoms with Crippen molar-refractivity contribution in [2.75, 3.05) is 13.2 Å². The summed E-state index contributed by atoms with van der Waals surface area (Å²) in [5.41, 5.74) is 1.74. The Kier molecular flexibility index (Phi) is 7.44. The van der Waals surface area contributed by atoms with Crippen molar-refractivity contribution in [3.05, 3.63) is 36.4 Å². The summed E-state index contributed by atoms with van der Waals surface area (Å²) in [5, 5.41) is 9.46. The van der Waals surface area contributed by atoms with E-state index in [0.29, 0.717) is 6.61 Å². The van der Waals surface area contributed by atoms with Gasteiger partial charge in [-0.3, -0.25) is 0 Å². The molecule has 2 unspecified atom stereocenters. The average Bonchev–Trinajstić information content (AvgIpc) is 2.61. The lowest BCUT2D eigenvalue weighted by molar-refractivity contribution is -0.467. The smallest absolute Gasteiger partial charge is 0.196 e. The number of unbranched alkanes of at least 4 members (excludes halogenated alkanes) is 2. The molecule has 1 aromatic rings. The maximum absolute atomic E-state index is 9.46. The molecule has 140 valence electrons. The summed E-state index contributed by atoms with van der Waals surface area (Å²) >= 11 is 0. The van der Waals surface area contributed by atoms with Gasteiger partial charge in [0, 0.05) is 0 Å². The van der Waals surface area contributed by atoms with Crippen LogP contribution in [0.25, 0.3) is 5.57 Å². The zero-order valence-electron chi connectivity index (χ0n) is 15.5. The molecule has 0 saturated carbocycles. The van der Waals surface area contributed by atoms with Crippen LogP contribution in [0.1, 0.15) is 52.0 Å². The first-order valence-corrected chi connectivity index (χ1v) is 9.00. The maximum atomic E-state index is 9.46. The van der Waals surface area contributed by atoms with Crippen LogP contribution in [0.5, 0.6) is 5.75 Å². The Labute approximate surface area is 150 Å². The molecule has 1 heterocycles. The van der Waals surface area contributed by atoms with Gasteiger partial charge in [-0.25, -0.2) is 9.78 Å². The van der Waals surface area contributed by atoms with Gasteiger partial charge in [0.2, 0.25) is 0 Å². The summed E-state index contributed by atoms with van der Waals surface area (Å²) in [7, 11) is 0. The van der Waals surface area contributed by atoms with Crippen LogP contribution in [-0.2, 0) is 14.5 Å². The number of benzene rings is 1. The Bertz CT molecular complexity index is 528. The van der Waals surface area contributed by atoms with Gasteiger partial charge in [0.05, 0.1) is 13.2 Å². The van der Waals surface area contributed by atoms with E-state index >= 15 is 0 Å². The number of aliphatic hydroxyl groups excluding tert-OH is 1. The van der Waals surface area contributed by atoms with Crippen molar-refractivity contribution >= 4 is 5.57 Å². The van der Waals surface area contributed by atoms with Crippen molar-refractivity contribution < 1.29 is 24.4 Å². The number of aliphatic hydroxyl groups is 1. The normalized spacial score (nSPS) is 20.9. The molecule has 5 heteroatoms. The van der Waals surface area contributed by atoms with Crippen molar-refractivity contribution in [2.45, 2.75) is 64.4 Å². The van der Waals surface area contributed by atoms with Crippen molar-refractivity contribution in [3.8, 4) is 5.75 Å². The van der Waals surface area contributed by atoms with E-state index in [1.165, 1.54) is 0 Å². The number of ether oxygens (including phenoxy) is 2. The van der Waals surface area contributed by atoms with Crippen molar-refractivity contribution in [2.24, 2.45) is 0 Å².